The fourth-order valence-electron chi connectivity index (χ4n) is 1.74. The van der Waals surface area contributed by atoms with Crippen molar-refractivity contribution in [2.24, 2.45) is 0 Å². The Morgan fingerprint density at radius 1 is 1.37 bits per heavy atom. The number of nitrogens with one attached hydrogen (secondary N) is 1. The third kappa shape index (κ3) is 3.04. The molecule has 0 fully saturated rings. The lowest BCUT2D eigenvalue weighted by Gasteiger charge is -2.11. The summed E-state index contributed by atoms with van der Waals surface area (Å²) in [6.45, 7) is 2.09. The van der Waals surface area contributed by atoms with Crippen molar-refractivity contribution in [3.63, 3.8) is 0 Å². The first-order valence-electron chi connectivity index (χ1n) is 5.86. The summed E-state index contributed by atoms with van der Waals surface area (Å²) in [6.07, 6.45) is 0.905. The van der Waals surface area contributed by atoms with Gasteiger partial charge >= 0.3 is 0 Å². The highest BCUT2D eigenvalue weighted by atomic mass is 79.9. The van der Waals surface area contributed by atoms with Crippen molar-refractivity contribution in [2.75, 3.05) is 11.1 Å². The van der Waals surface area contributed by atoms with Crippen LogP contribution in [-0.2, 0) is 6.42 Å². The van der Waals surface area contributed by atoms with E-state index in [4.69, 9.17) is 11.0 Å². The molecule has 1 aromatic carbocycles. The molecule has 0 radical (unpaired) electrons. The van der Waals surface area contributed by atoms with Crippen LogP contribution in [0.1, 0.15) is 18.2 Å². The van der Waals surface area contributed by atoms with Crippen LogP contribution in [0, 0.1) is 11.3 Å². The van der Waals surface area contributed by atoms with E-state index in [-0.39, 0.29) is 5.69 Å². The van der Waals surface area contributed by atoms with Crippen LogP contribution in [0.3, 0.4) is 0 Å². The Morgan fingerprint density at radius 3 is 2.84 bits per heavy atom. The molecule has 0 bridgehead atoms. The average Bonchev–Trinajstić information content (AvgIpc) is 2.42. The quantitative estimate of drug-likeness (QED) is 0.907. The number of nitrogens with zero attached hydrogens (tertiary/aromatic N) is 2. The fourth-order valence-corrected chi connectivity index (χ4v) is 2.15. The van der Waals surface area contributed by atoms with E-state index >= 15 is 0 Å². The lowest BCUT2D eigenvalue weighted by atomic mass is 10.1. The van der Waals surface area contributed by atoms with Crippen LogP contribution >= 0.6 is 15.9 Å². The number of anilines is 3. The zero-order valence-electron chi connectivity index (χ0n) is 10.4. The van der Waals surface area contributed by atoms with Gasteiger partial charge in [0.15, 0.2) is 5.69 Å². The van der Waals surface area contributed by atoms with Crippen LogP contribution < -0.4 is 11.1 Å². The zero-order chi connectivity index (χ0) is 13.8. The van der Waals surface area contributed by atoms with Crippen molar-refractivity contribution in [3.8, 4) is 6.07 Å². The normalized spacial score (nSPS) is 9.95. The molecule has 0 spiro atoms. The summed E-state index contributed by atoms with van der Waals surface area (Å²) in [7, 11) is 0. The van der Waals surface area contributed by atoms with E-state index in [0.29, 0.717) is 11.5 Å². The Morgan fingerprint density at radius 2 is 2.16 bits per heavy atom. The zero-order valence-corrected chi connectivity index (χ0v) is 12.0. The first kappa shape index (κ1) is 13.4. The maximum atomic E-state index is 8.92. The number of aromatic nitrogens is 1. The van der Waals surface area contributed by atoms with E-state index in [1.54, 1.807) is 12.1 Å². The first-order chi connectivity index (χ1) is 9.13. The number of hydrogen-bond donors (Lipinski definition) is 2. The third-order valence-corrected chi connectivity index (χ3v) is 3.24. The molecule has 19 heavy (non-hydrogen) atoms. The van der Waals surface area contributed by atoms with Gasteiger partial charge in [-0.1, -0.05) is 22.9 Å². The summed E-state index contributed by atoms with van der Waals surface area (Å²) in [5.74, 6) is 0.614. The van der Waals surface area contributed by atoms with E-state index in [1.165, 1.54) is 5.56 Å². The molecule has 1 heterocycles. The predicted octanol–water partition coefficient (Wildman–Crippen LogP) is 3.60. The lowest BCUT2D eigenvalue weighted by molar-refractivity contribution is 1.13. The number of aryl methyl sites for hydroxylation is 1. The summed E-state index contributed by atoms with van der Waals surface area (Å²) in [5.41, 5.74) is 8.43. The minimum Gasteiger partial charge on any atom is -0.396 e. The molecule has 0 amide bonds. The van der Waals surface area contributed by atoms with Crippen molar-refractivity contribution >= 4 is 33.1 Å². The largest absolute Gasteiger partial charge is 0.396 e. The van der Waals surface area contributed by atoms with Gasteiger partial charge in [0.05, 0.1) is 5.69 Å². The Kier molecular flexibility index (Phi) is 4.03. The minimum atomic E-state index is 0.236. The monoisotopic (exact) mass is 316 g/mol. The fraction of sp³-hybridized carbons (Fsp3) is 0.143. The summed E-state index contributed by atoms with van der Waals surface area (Å²) in [4.78, 5) is 4.17. The van der Waals surface area contributed by atoms with Gasteiger partial charge in [-0.3, -0.25) is 0 Å². The van der Waals surface area contributed by atoms with Crippen LogP contribution in [-0.4, -0.2) is 4.98 Å². The number of rotatable bonds is 3. The summed E-state index contributed by atoms with van der Waals surface area (Å²) in [6, 6.07) is 11.4. The van der Waals surface area contributed by atoms with Gasteiger partial charge in [0.2, 0.25) is 0 Å². The molecule has 0 aliphatic heterocycles. The van der Waals surface area contributed by atoms with Crippen molar-refractivity contribution in [3.05, 3.63) is 46.1 Å². The van der Waals surface area contributed by atoms with Crippen molar-refractivity contribution in [2.45, 2.75) is 13.3 Å². The second-order valence-corrected chi connectivity index (χ2v) is 4.94. The summed E-state index contributed by atoms with van der Waals surface area (Å²) < 4.78 is 1.04. The molecule has 3 N–H and O–H groups in total. The molecule has 0 saturated heterocycles. The molecule has 4 nitrogen and oxygen atoms in total. The highest BCUT2D eigenvalue weighted by Crippen LogP contribution is 2.25. The highest BCUT2D eigenvalue weighted by molar-refractivity contribution is 9.10. The Balaban J connectivity index is 2.34. The van der Waals surface area contributed by atoms with Gasteiger partial charge in [-0.05, 0) is 42.3 Å². The number of pyridine rings is 1. The van der Waals surface area contributed by atoms with Gasteiger partial charge in [-0.2, -0.15) is 5.26 Å². The van der Waals surface area contributed by atoms with Crippen LogP contribution in [0.5, 0.6) is 0 Å². The molecule has 2 rings (SSSR count). The van der Waals surface area contributed by atoms with Crippen molar-refractivity contribution < 1.29 is 0 Å². The Hall–Kier alpha value is -2.06. The molecule has 0 saturated carbocycles. The van der Waals surface area contributed by atoms with E-state index in [9.17, 15) is 0 Å². The highest BCUT2D eigenvalue weighted by Gasteiger charge is 2.05. The SMILES string of the molecule is CCc1cc(Br)ccc1Nc1ccc(N)c(C#N)n1. The molecular weight excluding hydrogens is 304 g/mol. The number of nitrogen functional groups attached to an aromatic ring is 1. The van der Waals surface area contributed by atoms with Crippen LogP contribution in [0.2, 0.25) is 0 Å². The molecule has 2 aromatic rings. The topological polar surface area (TPSA) is 74.7 Å². The van der Waals surface area contributed by atoms with E-state index in [0.717, 1.165) is 16.6 Å². The van der Waals surface area contributed by atoms with Crippen LogP contribution in [0.15, 0.2) is 34.8 Å². The van der Waals surface area contributed by atoms with Gasteiger partial charge in [0.25, 0.3) is 0 Å². The molecule has 0 aliphatic rings. The van der Waals surface area contributed by atoms with Crippen molar-refractivity contribution in [1.29, 1.82) is 5.26 Å². The average molecular weight is 317 g/mol. The molecule has 0 atom stereocenters. The second-order valence-electron chi connectivity index (χ2n) is 4.03. The minimum absolute atomic E-state index is 0.236. The Bertz CT molecular complexity index is 646. The molecule has 0 unspecified atom stereocenters. The first-order valence-corrected chi connectivity index (χ1v) is 6.65. The van der Waals surface area contributed by atoms with Crippen LogP contribution in [0.25, 0.3) is 0 Å². The maximum absolute atomic E-state index is 8.92. The molecule has 1 aromatic heterocycles. The summed E-state index contributed by atoms with van der Waals surface area (Å²) in [5, 5.41) is 12.1. The van der Waals surface area contributed by atoms with Gasteiger partial charge in [0.1, 0.15) is 11.9 Å². The number of nitrogens with two attached hydrogens (primary N) is 1. The molecule has 5 heteroatoms. The van der Waals surface area contributed by atoms with Gasteiger partial charge in [-0.15, -0.1) is 0 Å². The summed E-state index contributed by atoms with van der Waals surface area (Å²) >= 11 is 3.45. The van der Waals surface area contributed by atoms with Gasteiger partial charge in [-0.25, -0.2) is 4.98 Å². The van der Waals surface area contributed by atoms with Gasteiger partial charge < -0.3 is 11.1 Å². The van der Waals surface area contributed by atoms with Crippen LogP contribution in [0.4, 0.5) is 17.2 Å². The van der Waals surface area contributed by atoms with E-state index < -0.39 is 0 Å². The number of halogens is 1. The standard InChI is InChI=1S/C14H13BrN4/c1-2-9-7-10(15)3-5-12(9)18-14-6-4-11(17)13(8-16)19-14/h3-7H,2,17H2,1H3,(H,18,19). The van der Waals surface area contributed by atoms with E-state index in [1.807, 2.05) is 18.2 Å². The van der Waals surface area contributed by atoms with Gasteiger partial charge in [0, 0.05) is 10.2 Å². The second kappa shape index (κ2) is 5.72. The number of benzene rings is 1. The van der Waals surface area contributed by atoms with Crippen molar-refractivity contribution in [1.82, 2.24) is 4.98 Å². The Labute approximate surface area is 120 Å². The predicted molar refractivity (Wildman–Crippen MR) is 80.2 cm³/mol. The number of hydrogen-bond acceptors (Lipinski definition) is 4. The molecular formula is C14H13BrN4. The maximum Gasteiger partial charge on any atom is 0.165 e. The smallest absolute Gasteiger partial charge is 0.165 e. The molecule has 96 valence electrons. The third-order valence-electron chi connectivity index (χ3n) is 2.74. The van der Waals surface area contributed by atoms with E-state index in [2.05, 4.69) is 39.2 Å². The lowest BCUT2D eigenvalue weighted by Crippen LogP contribution is -2.00. The molecule has 0 aliphatic carbocycles. The number of nitriles is 1.